The third kappa shape index (κ3) is 4.29. The molecule has 0 aliphatic heterocycles. The van der Waals surface area contributed by atoms with Crippen molar-refractivity contribution < 1.29 is 8.42 Å². The van der Waals surface area contributed by atoms with Crippen molar-refractivity contribution in [3.63, 3.8) is 0 Å². The van der Waals surface area contributed by atoms with E-state index >= 15 is 0 Å². The lowest BCUT2D eigenvalue weighted by atomic mass is 10.0. The minimum absolute atomic E-state index is 0.00960. The van der Waals surface area contributed by atoms with Crippen LogP contribution in [-0.4, -0.2) is 19.9 Å². The molecule has 0 heterocycles. The molecular weight excluding hydrogens is 282 g/mol. The van der Waals surface area contributed by atoms with Gasteiger partial charge in [-0.3, -0.25) is 0 Å². The second-order valence-electron chi connectivity index (χ2n) is 5.80. The Kier molecular flexibility index (Phi) is 5.01. The van der Waals surface area contributed by atoms with Crippen molar-refractivity contribution in [1.82, 2.24) is 0 Å². The van der Waals surface area contributed by atoms with Crippen LogP contribution >= 0.6 is 0 Å². The second kappa shape index (κ2) is 6.58. The van der Waals surface area contributed by atoms with E-state index in [1.807, 2.05) is 56.3 Å². The van der Waals surface area contributed by atoms with Gasteiger partial charge in [-0.25, -0.2) is 8.42 Å². The van der Waals surface area contributed by atoms with Crippen LogP contribution in [0, 0.1) is 5.92 Å². The van der Waals surface area contributed by atoms with Gasteiger partial charge < -0.3 is 5.73 Å². The summed E-state index contributed by atoms with van der Waals surface area (Å²) in [7, 11) is -3.12. The molecule has 2 unspecified atom stereocenters. The van der Waals surface area contributed by atoms with Gasteiger partial charge in [0.15, 0.2) is 9.84 Å². The first-order valence-corrected chi connectivity index (χ1v) is 9.18. The van der Waals surface area contributed by atoms with E-state index < -0.39 is 15.9 Å². The summed E-state index contributed by atoms with van der Waals surface area (Å²) in [5, 5.41) is 2.22. The van der Waals surface area contributed by atoms with Gasteiger partial charge >= 0.3 is 0 Å². The largest absolute Gasteiger partial charge is 0.323 e. The lowest BCUT2D eigenvalue weighted by Crippen LogP contribution is -2.25. The quantitative estimate of drug-likeness (QED) is 0.890. The number of benzene rings is 2. The van der Waals surface area contributed by atoms with Gasteiger partial charge in [0, 0.05) is 6.04 Å². The topological polar surface area (TPSA) is 60.2 Å². The van der Waals surface area contributed by atoms with Gasteiger partial charge in [-0.1, -0.05) is 56.7 Å². The average Bonchev–Trinajstić information content (AvgIpc) is 2.45. The van der Waals surface area contributed by atoms with E-state index in [9.17, 15) is 8.42 Å². The van der Waals surface area contributed by atoms with Gasteiger partial charge in [0.1, 0.15) is 0 Å². The van der Waals surface area contributed by atoms with Crippen molar-refractivity contribution in [2.24, 2.45) is 11.7 Å². The van der Waals surface area contributed by atoms with Crippen molar-refractivity contribution in [1.29, 1.82) is 0 Å². The summed E-state index contributed by atoms with van der Waals surface area (Å²) in [6.07, 6.45) is 0.866. The number of hydrogen-bond donors (Lipinski definition) is 1. The molecule has 21 heavy (non-hydrogen) atoms. The zero-order valence-electron chi connectivity index (χ0n) is 12.6. The molecule has 114 valence electrons. The van der Waals surface area contributed by atoms with E-state index in [0.717, 1.165) is 22.8 Å². The lowest BCUT2D eigenvalue weighted by molar-refractivity contribution is 0.559. The molecule has 2 atom stereocenters. The van der Waals surface area contributed by atoms with E-state index in [0.29, 0.717) is 0 Å². The predicted octanol–water partition coefficient (Wildman–Crippen LogP) is 3.30. The first-order valence-electron chi connectivity index (χ1n) is 7.36. The Bertz CT molecular complexity index is 710. The molecule has 0 spiro atoms. The molecule has 0 saturated heterocycles. The maximum absolute atomic E-state index is 12.2. The standard InChI is InChI=1S/C17H23NO2S/c1-3-13(2)11-21(19,20)12-17(18)16-9-8-14-6-4-5-7-15(14)10-16/h4-10,13,17H,3,11-12,18H2,1-2H3. The zero-order valence-corrected chi connectivity index (χ0v) is 13.4. The van der Waals surface area contributed by atoms with Gasteiger partial charge in [-0.2, -0.15) is 0 Å². The fraction of sp³-hybridized carbons (Fsp3) is 0.412. The van der Waals surface area contributed by atoms with E-state index in [2.05, 4.69) is 0 Å². The third-order valence-corrected chi connectivity index (χ3v) is 5.81. The van der Waals surface area contributed by atoms with Crippen LogP contribution in [0.3, 0.4) is 0 Å². The Morgan fingerprint density at radius 1 is 1.05 bits per heavy atom. The Morgan fingerprint density at radius 2 is 1.71 bits per heavy atom. The number of sulfone groups is 1. The van der Waals surface area contributed by atoms with Gasteiger partial charge in [-0.15, -0.1) is 0 Å². The summed E-state index contributed by atoms with van der Waals surface area (Å²) >= 11 is 0. The number of nitrogens with two attached hydrogens (primary N) is 1. The molecule has 0 aromatic heterocycles. The summed E-state index contributed by atoms with van der Waals surface area (Å²) < 4.78 is 24.3. The van der Waals surface area contributed by atoms with E-state index in [4.69, 9.17) is 5.73 Å². The fourth-order valence-corrected chi connectivity index (χ4v) is 4.41. The summed E-state index contributed by atoms with van der Waals surface area (Å²) in [5.74, 6) is 0.402. The summed E-state index contributed by atoms with van der Waals surface area (Å²) in [6.45, 7) is 3.96. The average molecular weight is 305 g/mol. The SMILES string of the molecule is CCC(C)CS(=O)(=O)CC(N)c1ccc2ccccc2c1. The van der Waals surface area contributed by atoms with E-state index in [1.54, 1.807) is 0 Å². The minimum Gasteiger partial charge on any atom is -0.323 e. The van der Waals surface area contributed by atoms with Crippen molar-refractivity contribution >= 4 is 20.6 Å². The molecule has 0 fully saturated rings. The van der Waals surface area contributed by atoms with Gasteiger partial charge in [0.25, 0.3) is 0 Å². The van der Waals surface area contributed by atoms with Crippen LogP contribution in [0.15, 0.2) is 42.5 Å². The third-order valence-electron chi connectivity index (χ3n) is 3.87. The highest BCUT2D eigenvalue weighted by molar-refractivity contribution is 7.91. The molecule has 0 aliphatic rings. The normalized spacial score (nSPS) is 15.0. The van der Waals surface area contributed by atoms with Gasteiger partial charge in [0.2, 0.25) is 0 Å². The molecule has 4 heteroatoms. The van der Waals surface area contributed by atoms with Gasteiger partial charge in [-0.05, 0) is 28.3 Å². The molecule has 0 bridgehead atoms. The molecule has 3 nitrogen and oxygen atoms in total. The van der Waals surface area contributed by atoms with Crippen molar-refractivity contribution in [2.75, 3.05) is 11.5 Å². The molecule has 0 aliphatic carbocycles. The molecule has 2 aromatic carbocycles. The van der Waals surface area contributed by atoms with Crippen LogP contribution in [0.4, 0.5) is 0 Å². The molecule has 0 saturated carbocycles. The molecule has 0 radical (unpaired) electrons. The van der Waals surface area contributed by atoms with Crippen molar-refractivity contribution in [2.45, 2.75) is 26.3 Å². The highest BCUT2D eigenvalue weighted by atomic mass is 32.2. The van der Waals surface area contributed by atoms with Crippen molar-refractivity contribution in [3.8, 4) is 0 Å². The minimum atomic E-state index is -3.12. The second-order valence-corrected chi connectivity index (χ2v) is 7.96. The van der Waals surface area contributed by atoms with Crippen LogP contribution in [0.1, 0.15) is 31.9 Å². The zero-order chi connectivity index (χ0) is 15.5. The fourth-order valence-electron chi connectivity index (χ4n) is 2.43. The van der Waals surface area contributed by atoms with Crippen LogP contribution in [0.25, 0.3) is 10.8 Å². The van der Waals surface area contributed by atoms with Crippen molar-refractivity contribution in [3.05, 3.63) is 48.0 Å². The molecule has 2 aromatic rings. The first kappa shape index (κ1) is 16.0. The summed E-state index contributed by atoms with van der Waals surface area (Å²) in [5.41, 5.74) is 6.99. The van der Waals surface area contributed by atoms with E-state index in [1.165, 1.54) is 0 Å². The lowest BCUT2D eigenvalue weighted by Gasteiger charge is -2.15. The highest BCUT2D eigenvalue weighted by Crippen LogP contribution is 2.21. The number of rotatable bonds is 6. The van der Waals surface area contributed by atoms with Crippen LogP contribution in [0.2, 0.25) is 0 Å². The predicted molar refractivity (Wildman–Crippen MR) is 89.0 cm³/mol. The monoisotopic (exact) mass is 305 g/mol. The van der Waals surface area contributed by atoms with Crippen LogP contribution in [0.5, 0.6) is 0 Å². The smallest absolute Gasteiger partial charge is 0.152 e. The maximum atomic E-state index is 12.2. The summed E-state index contributed by atoms with van der Waals surface area (Å²) in [6, 6.07) is 13.4. The first-order chi connectivity index (χ1) is 9.91. The Balaban J connectivity index is 2.16. The number of fused-ring (bicyclic) bond motifs is 1. The highest BCUT2D eigenvalue weighted by Gasteiger charge is 2.20. The van der Waals surface area contributed by atoms with Crippen LogP contribution < -0.4 is 5.73 Å². The molecule has 2 rings (SSSR count). The molecule has 0 amide bonds. The van der Waals surface area contributed by atoms with Gasteiger partial charge in [0.05, 0.1) is 11.5 Å². The van der Waals surface area contributed by atoms with E-state index in [-0.39, 0.29) is 17.4 Å². The Labute approximate surface area is 127 Å². The number of hydrogen-bond acceptors (Lipinski definition) is 3. The Morgan fingerprint density at radius 3 is 2.38 bits per heavy atom. The molecule has 2 N–H and O–H groups in total. The van der Waals surface area contributed by atoms with Crippen LogP contribution in [-0.2, 0) is 9.84 Å². The molecular formula is C17H23NO2S. The summed E-state index contributed by atoms with van der Waals surface area (Å²) in [4.78, 5) is 0. The Hall–Kier alpha value is -1.39. The maximum Gasteiger partial charge on any atom is 0.152 e.